The topological polar surface area (TPSA) is 127 Å². The summed E-state index contributed by atoms with van der Waals surface area (Å²) in [7, 11) is 0. The van der Waals surface area contributed by atoms with E-state index in [1.165, 1.54) is 13.0 Å². The molecule has 3 aromatic rings. The highest BCUT2D eigenvalue weighted by Gasteiger charge is 2.28. The van der Waals surface area contributed by atoms with Crippen molar-refractivity contribution in [3.63, 3.8) is 0 Å². The SMILES string of the molecule is CCOC(C(=O)NCc1ccc(C(=N)N)cc1)c1c(F)cc(Oc2cccc(NC(C)=O)c2)cc1F.Cl. The first-order valence-corrected chi connectivity index (χ1v) is 11.0. The number of hydrogen-bond donors (Lipinski definition) is 4. The minimum atomic E-state index is -1.52. The summed E-state index contributed by atoms with van der Waals surface area (Å²) in [4.78, 5) is 24.0. The van der Waals surface area contributed by atoms with Crippen LogP contribution in [-0.2, 0) is 20.9 Å². The van der Waals surface area contributed by atoms with Crippen LogP contribution in [0, 0.1) is 17.0 Å². The predicted molar refractivity (Wildman–Crippen MR) is 138 cm³/mol. The number of ether oxygens (including phenoxy) is 2. The zero-order valence-corrected chi connectivity index (χ0v) is 21.0. The molecule has 0 aliphatic carbocycles. The fourth-order valence-electron chi connectivity index (χ4n) is 3.39. The highest BCUT2D eigenvalue weighted by molar-refractivity contribution is 5.94. The molecule has 0 radical (unpaired) electrons. The summed E-state index contributed by atoms with van der Waals surface area (Å²) in [6.07, 6.45) is -1.52. The Hall–Kier alpha value is -4.02. The van der Waals surface area contributed by atoms with Crippen LogP contribution in [0.3, 0.4) is 0 Å². The second-order valence-electron chi connectivity index (χ2n) is 7.78. The van der Waals surface area contributed by atoms with Gasteiger partial charge in [0.2, 0.25) is 5.91 Å². The van der Waals surface area contributed by atoms with E-state index in [0.717, 1.165) is 12.1 Å². The molecule has 3 rings (SSSR count). The molecular formula is C26H27ClF2N4O4. The van der Waals surface area contributed by atoms with Crippen LogP contribution in [0.5, 0.6) is 11.5 Å². The van der Waals surface area contributed by atoms with Gasteiger partial charge in [0.25, 0.3) is 5.91 Å². The van der Waals surface area contributed by atoms with Crippen molar-refractivity contribution in [3.05, 3.63) is 89.0 Å². The number of carbonyl (C=O) groups is 2. The second-order valence-corrected chi connectivity index (χ2v) is 7.78. The molecule has 0 fully saturated rings. The van der Waals surface area contributed by atoms with E-state index in [0.29, 0.717) is 16.8 Å². The first kappa shape index (κ1) is 29.2. The lowest BCUT2D eigenvalue weighted by atomic mass is 10.1. The van der Waals surface area contributed by atoms with Crippen molar-refractivity contribution in [1.82, 2.24) is 5.32 Å². The molecule has 1 unspecified atom stereocenters. The molecule has 2 amide bonds. The third-order valence-electron chi connectivity index (χ3n) is 5.01. The smallest absolute Gasteiger partial charge is 0.254 e. The maximum Gasteiger partial charge on any atom is 0.254 e. The Morgan fingerprint density at radius 2 is 1.68 bits per heavy atom. The minimum absolute atomic E-state index is 0. The second kappa shape index (κ2) is 13.3. The molecule has 0 aromatic heterocycles. The van der Waals surface area contributed by atoms with Gasteiger partial charge >= 0.3 is 0 Å². The number of nitrogens with one attached hydrogen (secondary N) is 3. The van der Waals surface area contributed by atoms with Gasteiger partial charge in [-0.1, -0.05) is 30.3 Å². The van der Waals surface area contributed by atoms with Crippen LogP contribution in [0.25, 0.3) is 0 Å². The number of amidine groups is 1. The van der Waals surface area contributed by atoms with Crippen LogP contribution in [0.15, 0.2) is 60.7 Å². The van der Waals surface area contributed by atoms with Gasteiger partial charge in [0.1, 0.15) is 29.0 Å². The molecule has 0 saturated heterocycles. The van der Waals surface area contributed by atoms with Crippen molar-refractivity contribution >= 4 is 35.7 Å². The third kappa shape index (κ3) is 7.99. The van der Waals surface area contributed by atoms with Gasteiger partial charge < -0.3 is 25.8 Å². The average molecular weight is 533 g/mol. The number of nitrogen functional groups attached to an aromatic ring is 1. The Labute approximate surface area is 219 Å². The molecule has 0 aliphatic heterocycles. The standard InChI is InChI=1S/C26H26F2N4O4.ClH/c1-3-35-24(26(34)31-14-16-7-9-17(10-8-16)25(29)30)23-21(27)12-20(13-22(23)28)36-19-6-4-5-18(11-19)32-15(2)33;/h4-13,24H,3,14H2,1-2H3,(H3,29,30)(H,31,34)(H,32,33);1H. The number of benzene rings is 3. The van der Waals surface area contributed by atoms with Crippen LogP contribution in [0.2, 0.25) is 0 Å². The molecule has 8 nitrogen and oxygen atoms in total. The zero-order valence-electron chi connectivity index (χ0n) is 20.1. The molecule has 11 heteroatoms. The summed E-state index contributed by atoms with van der Waals surface area (Å²) in [6.45, 7) is 3.08. The summed E-state index contributed by atoms with van der Waals surface area (Å²) < 4.78 is 41.0. The summed E-state index contributed by atoms with van der Waals surface area (Å²) in [6, 6.07) is 14.9. The fourth-order valence-corrected chi connectivity index (χ4v) is 3.39. The molecule has 0 aliphatic rings. The normalized spacial score (nSPS) is 11.1. The van der Waals surface area contributed by atoms with E-state index in [-0.39, 0.29) is 48.8 Å². The maximum atomic E-state index is 15.0. The third-order valence-corrected chi connectivity index (χ3v) is 5.01. The van der Waals surface area contributed by atoms with Crippen molar-refractivity contribution < 1.29 is 27.8 Å². The van der Waals surface area contributed by atoms with Crippen molar-refractivity contribution in [2.75, 3.05) is 11.9 Å². The van der Waals surface area contributed by atoms with Crippen LogP contribution in [0.1, 0.15) is 36.6 Å². The van der Waals surface area contributed by atoms with Gasteiger partial charge in [-0.05, 0) is 24.6 Å². The Morgan fingerprint density at radius 1 is 1.03 bits per heavy atom. The first-order valence-electron chi connectivity index (χ1n) is 11.0. The molecule has 0 spiro atoms. The lowest BCUT2D eigenvalue weighted by Gasteiger charge is -2.19. The highest BCUT2D eigenvalue weighted by atomic mass is 35.5. The molecule has 5 N–H and O–H groups in total. The monoisotopic (exact) mass is 532 g/mol. The molecule has 0 saturated carbocycles. The number of anilines is 1. The zero-order chi connectivity index (χ0) is 26.2. The van der Waals surface area contributed by atoms with E-state index in [1.807, 2.05) is 0 Å². The first-order chi connectivity index (χ1) is 17.2. The average Bonchev–Trinajstić information content (AvgIpc) is 2.81. The Morgan fingerprint density at radius 3 is 2.24 bits per heavy atom. The Balaban J connectivity index is 0.00000481. The maximum absolute atomic E-state index is 15.0. The predicted octanol–water partition coefficient (Wildman–Crippen LogP) is 4.82. The van der Waals surface area contributed by atoms with Crippen molar-refractivity contribution in [3.8, 4) is 11.5 Å². The van der Waals surface area contributed by atoms with Crippen LogP contribution < -0.4 is 21.1 Å². The number of halogens is 3. The van der Waals surface area contributed by atoms with Gasteiger partial charge in [-0.3, -0.25) is 15.0 Å². The molecule has 37 heavy (non-hydrogen) atoms. The van der Waals surface area contributed by atoms with Gasteiger partial charge in [0.05, 0.1) is 5.56 Å². The molecule has 0 bridgehead atoms. The van der Waals surface area contributed by atoms with Gasteiger partial charge in [-0.2, -0.15) is 0 Å². The summed E-state index contributed by atoms with van der Waals surface area (Å²) in [5, 5.41) is 12.6. The van der Waals surface area contributed by atoms with Gasteiger partial charge in [0, 0.05) is 49.5 Å². The summed E-state index contributed by atoms with van der Waals surface area (Å²) >= 11 is 0. The van der Waals surface area contributed by atoms with Crippen molar-refractivity contribution in [2.45, 2.75) is 26.5 Å². The van der Waals surface area contributed by atoms with Gasteiger partial charge in [-0.25, -0.2) is 8.78 Å². The molecular weight excluding hydrogens is 506 g/mol. The summed E-state index contributed by atoms with van der Waals surface area (Å²) in [5.74, 6) is -2.98. The fraction of sp³-hybridized carbons (Fsp3) is 0.192. The van der Waals surface area contributed by atoms with E-state index in [1.54, 1.807) is 49.4 Å². The summed E-state index contributed by atoms with van der Waals surface area (Å²) in [5.41, 5.74) is 6.59. The highest BCUT2D eigenvalue weighted by Crippen LogP contribution is 2.31. The molecule has 3 aromatic carbocycles. The number of rotatable bonds is 10. The molecule has 1 atom stereocenters. The number of nitrogens with two attached hydrogens (primary N) is 1. The van der Waals surface area contributed by atoms with E-state index in [4.69, 9.17) is 20.6 Å². The van der Waals surface area contributed by atoms with Crippen LogP contribution in [-0.4, -0.2) is 24.3 Å². The minimum Gasteiger partial charge on any atom is -0.457 e. The van der Waals surface area contributed by atoms with Crippen LogP contribution in [0.4, 0.5) is 14.5 Å². The lowest BCUT2D eigenvalue weighted by Crippen LogP contribution is -2.31. The lowest BCUT2D eigenvalue weighted by molar-refractivity contribution is -0.133. The number of carbonyl (C=O) groups excluding carboxylic acids is 2. The Kier molecular flexibility index (Phi) is 10.5. The van der Waals surface area contributed by atoms with E-state index < -0.39 is 29.2 Å². The largest absolute Gasteiger partial charge is 0.457 e. The number of hydrogen-bond acceptors (Lipinski definition) is 5. The van der Waals surface area contributed by atoms with E-state index in [2.05, 4.69) is 10.6 Å². The number of amides is 2. The molecule has 0 heterocycles. The van der Waals surface area contributed by atoms with Gasteiger partial charge in [-0.15, -0.1) is 12.4 Å². The van der Waals surface area contributed by atoms with E-state index >= 15 is 8.78 Å². The van der Waals surface area contributed by atoms with Crippen molar-refractivity contribution in [2.24, 2.45) is 5.73 Å². The van der Waals surface area contributed by atoms with Gasteiger partial charge in [0.15, 0.2) is 6.10 Å². The molecule has 196 valence electrons. The van der Waals surface area contributed by atoms with Crippen LogP contribution >= 0.6 is 12.4 Å². The van der Waals surface area contributed by atoms with E-state index in [9.17, 15) is 9.59 Å². The quantitative estimate of drug-likeness (QED) is 0.220. The Bertz CT molecular complexity index is 1250. The van der Waals surface area contributed by atoms with Crippen molar-refractivity contribution in [1.29, 1.82) is 5.41 Å².